The number of carbonyl (C=O) groups excluding carboxylic acids is 1. The number of para-hydroxylation sites is 1. The average Bonchev–Trinajstić information content (AvgIpc) is 2.81. The first kappa shape index (κ1) is 16.5. The summed E-state index contributed by atoms with van der Waals surface area (Å²) < 4.78 is 1.26. The second-order valence-corrected chi connectivity index (χ2v) is 6.59. The van der Waals surface area contributed by atoms with Gasteiger partial charge in [0.25, 0.3) is 5.56 Å². The van der Waals surface area contributed by atoms with E-state index in [1.54, 1.807) is 12.1 Å². The van der Waals surface area contributed by atoms with Gasteiger partial charge in [0.1, 0.15) is 6.04 Å². The predicted octanol–water partition coefficient (Wildman–Crippen LogP) is 3.69. The van der Waals surface area contributed by atoms with Crippen LogP contribution < -0.4 is 10.9 Å². The van der Waals surface area contributed by atoms with Gasteiger partial charge in [-0.15, -0.1) is 0 Å². The van der Waals surface area contributed by atoms with Gasteiger partial charge in [-0.3, -0.25) is 9.59 Å². The summed E-state index contributed by atoms with van der Waals surface area (Å²) in [6, 6.07) is 17.3. The van der Waals surface area contributed by atoms with Gasteiger partial charge in [-0.1, -0.05) is 48.0 Å². The zero-order chi connectivity index (χ0) is 18.1. The Morgan fingerprint density at radius 1 is 1.00 bits per heavy atom. The van der Waals surface area contributed by atoms with Crippen molar-refractivity contribution >= 4 is 23.2 Å². The minimum absolute atomic E-state index is 0.235. The summed E-state index contributed by atoms with van der Waals surface area (Å²) >= 11 is 6.25. The average molecular weight is 366 g/mol. The number of fused-ring (bicyclic) bond motifs is 1. The zero-order valence-electron chi connectivity index (χ0n) is 13.9. The Labute approximate surface area is 155 Å². The summed E-state index contributed by atoms with van der Waals surface area (Å²) in [6.07, 6.45) is 1.19. The molecule has 26 heavy (non-hydrogen) atoms. The van der Waals surface area contributed by atoms with Crippen molar-refractivity contribution < 1.29 is 4.79 Å². The van der Waals surface area contributed by atoms with E-state index in [2.05, 4.69) is 10.4 Å². The maximum Gasteiger partial charge on any atom is 0.267 e. The molecular weight excluding hydrogens is 350 g/mol. The molecule has 4 rings (SSSR count). The monoisotopic (exact) mass is 365 g/mol. The second-order valence-electron chi connectivity index (χ2n) is 6.18. The summed E-state index contributed by atoms with van der Waals surface area (Å²) in [6.45, 7) is 0. The Bertz CT molecular complexity index is 1040. The Morgan fingerprint density at radius 2 is 1.77 bits per heavy atom. The Balaban J connectivity index is 1.74. The minimum Gasteiger partial charge on any atom is -0.324 e. The summed E-state index contributed by atoms with van der Waals surface area (Å²) in [4.78, 5) is 25.1. The lowest BCUT2D eigenvalue weighted by molar-refractivity contribution is -0.119. The van der Waals surface area contributed by atoms with Crippen LogP contribution in [0.1, 0.15) is 18.0 Å². The Kier molecular flexibility index (Phi) is 4.31. The molecule has 5 nitrogen and oxygen atoms in total. The van der Waals surface area contributed by atoms with E-state index < -0.39 is 6.04 Å². The summed E-state index contributed by atoms with van der Waals surface area (Å²) in [7, 11) is 0. The molecule has 2 heterocycles. The van der Waals surface area contributed by atoms with E-state index in [1.807, 2.05) is 42.5 Å². The van der Waals surface area contributed by atoms with Gasteiger partial charge in [0.2, 0.25) is 5.91 Å². The van der Waals surface area contributed by atoms with Crippen LogP contribution in [0.2, 0.25) is 5.02 Å². The first-order chi connectivity index (χ1) is 12.6. The lowest BCUT2D eigenvalue weighted by Crippen LogP contribution is -2.34. The van der Waals surface area contributed by atoms with Crippen molar-refractivity contribution in [1.82, 2.24) is 9.78 Å². The van der Waals surface area contributed by atoms with Crippen LogP contribution in [0.15, 0.2) is 65.5 Å². The lowest BCUT2D eigenvalue weighted by atomic mass is 10.1. The van der Waals surface area contributed by atoms with Gasteiger partial charge in [0, 0.05) is 17.3 Å². The molecule has 0 spiro atoms. The summed E-state index contributed by atoms with van der Waals surface area (Å²) in [5.74, 6) is -0.235. The summed E-state index contributed by atoms with van der Waals surface area (Å²) in [5, 5.41) is 7.89. The highest BCUT2D eigenvalue weighted by Gasteiger charge is 2.27. The molecule has 1 amide bonds. The van der Waals surface area contributed by atoms with Crippen LogP contribution in [0.4, 0.5) is 5.69 Å². The molecule has 2 aromatic carbocycles. The largest absolute Gasteiger partial charge is 0.324 e. The number of hydrogen-bond acceptors (Lipinski definition) is 3. The highest BCUT2D eigenvalue weighted by atomic mass is 35.5. The van der Waals surface area contributed by atoms with Crippen molar-refractivity contribution in [3.05, 3.63) is 81.6 Å². The topological polar surface area (TPSA) is 64.0 Å². The number of anilines is 1. The number of aromatic nitrogens is 2. The van der Waals surface area contributed by atoms with Gasteiger partial charge in [-0.25, -0.2) is 4.68 Å². The number of rotatable bonds is 2. The molecule has 130 valence electrons. The molecule has 1 N–H and O–H groups in total. The standard InChI is InChI=1S/C20H16ClN3O2/c21-15-7-3-2-6-14(15)17-10-12-19(25)24(23-17)18-11-9-13-5-1-4-8-16(13)22-20(18)26/h1-8,10,12,18H,9,11H2,(H,22,26)/t18-/m0/s1. The number of halogens is 1. The maximum absolute atomic E-state index is 12.7. The van der Waals surface area contributed by atoms with E-state index in [1.165, 1.54) is 10.7 Å². The third-order valence-corrected chi connectivity index (χ3v) is 4.86. The van der Waals surface area contributed by atoms with Crippen molar-refractivity contribution in [2.75, 3.05) is 5.32 Å². The van der Waals surface area contributed by atoms with Gasteiger partial charge in [-0.05, 0) is 36.6 Å². The Hall–Kier alpha value is -2.92. The number of carbonyl (C=O) groups is 1. The molecule has 0 bridgehead atoms. The molecule has 0 fully saturated rings. The van der Waals surface area contributed by atoms with Crippen LogP contribution in [0, 0.1) is 0 Å². The number of benzene rings is 2. The lowest BCUT2D eigenvalue weighted by Gasteiger charge is -2.16. The predicted molar refractivity (Wildman–Crippen MR) is 101 cm³/mol. The molecule has 0 radical (unpaired) electrons. The molecule has 1 atom stereocenters. The molecule has 3 aromatic rings. The first-order valence-corrected chi connectivity index (χ1v) is 8.75. The van der Waals surface area contributed by atoms with Gasteiger partial charge < -0.3 is 5.32 Å². The molecule has 6 heteroatoms. The van der Waals surface area contributed by atoms with E-state index in [9.17, 15) is 9.59 Å². The van der Waals surface area contributed by atoms with Crippen LogP contribution in [-0.2, 0) is 11.2 Å². The van der Waals surface area contributed by atoms with Crippen molar-refractivity contribution in [2.24, 2.45) is 0 Å². The fraction of sp³-hybridized carbons (Fsp3) is 0.150. The normalized spacial score (nSPS) is 16.5. The van der Waals surface area contributed by atoms with Gasteiger partial charge in [-0.2, -0.15) is 5.10 Å². The molecule has 0 saturated heterocycles. The second kappa shape index (κ2) is 6.77. The van der Waals surface area contributed by atoms with E-state index in [-0.39, 0.29) is 11.5 Å². The first-order valence-electron chi connectivity index (χ1n) is 8.37. The Morgan fingerprint density at radius 3 is 2.62 bits per heavy atom. The van der Waals surface area contributed by atoms with Crippen molar-refractivity contribution in [1.29, 1.82) is 0 Å². The van der Waals surface area contributed by atoms with Crippen molar-refractivity contribution in [3.8, 4) is 11.3 Å². The number of nitrogens with one attached hydrogen (secondary N) is 1. The quantitative estimate of drug-likeness (QED) is 0.753. The molecule has 0 unspecified atom stereocenters. The highest BCUT2D eigenvalue weighted by Crippen LogP contribution is 2.28. The third kappa shape index (κ3) is 3.02. The van der Waals surface area contributed by atoms with Gasteiger partial charge in [0.05, 0.1) is 10.7 Å². The maximum atomic E-state index is 12.7. The molecule has 1 aromatic heterocycles. The van der Waals surface area contributed by atoms with E-state index >= 15 is 0 Å². The molecule has 0 saturated carbocycles. The van der Waals surface area contributed by atoms with Crippen LogP contribution in [0.3, 0.4) is 0 Å². The smallest absolute Gasteiger partial charge is 0.267 e. The molecule has 1 aliphatic rings. The van der Waals surface area contributed by atoms with E-state index in [0.717, 1.165) is 16.8 Å². The van der Waals surface area contributed by atoms with E-state index in [0.29, 0.717) is 23.6 Å². The van der Waals surface area contributed by atoms with Crippen LogP contribution in [-0.4, -0.2) is 15.7 Å². The number of nitrogens with zero attached hydrogens (tertiary/aromatic N) is 2. The van der Waals surface area contributed by atoms with Crippen molar-refractivity contribution in [3.63, 3.8) is 0 Å². The number of aryl methyl sites for hydroxylation is 1. The van der Waals surface area contributed by atoms with Crippen molar-refractivity contribution in [2.45, 2.75) is 18.9 Å². The SMILES string of the molecule is O=C1Nc2ccccc2CC[C@@H]1n1nc(-c2ccccc2Cl)ccc1=O. The minimum atomic E-state index is -0.669. The zero-order valence-corrected chi connectivity index (χ0v) is 14.6. The highest BCUT2D eigenvalue weighted by molar-refractivity contribution is 6.33. The summed E-state index contributed by atoms with van der Waals surface area (Å²) in [5.41, 5.74) is 2.81. The fourth-order valence-electron chi connectivity index (χ4n) is 3.19. The molecular formula is C20H16ClN3O2. The third-order valence-electron chi connectivity index (χ3n) is 4.54. The number of amides is 1. The van der Waals surface area contributed by atoms with Crippen LogP contribution in [0.25, 0.3) is 11.3 Å². The number of hydrogen-bond donors (Lipinski definition) is 1. The molecule has 0 aliphatic carbocycles. The molecule has 1 aliphatic heterocycles. The van der Waals surface area contributed by atoms with Crippen LogP contribution in [0.5, 0.6) is 0 Å². The van der Waals surface area contributed by atoms with Crippen LogP contribution >= 0.6 is 11.6 Å². The fourth-order valence-corrected chi connectivity index (χ4v) is 3.43. The van der Waals surface area contributed by atoms with E-state index in [4.69, 9.17) is 11.6 Å². The van der Waals surface area contributed by atoms with Gasteiger partial charge >= 0.3 is 0 Å². The van der Waals surface area contributed by atoms with Gasteiger partial charge in [0.15, 0.2) is 0 Å².